The van der Waals surface area contributed by atoms with Crippen LogP contribution in [-0.4, -0.2) is 54.2 Å². The number of aromatic nitrogens is 2. The lowest BCUT2D eigenvalue weighted by Crippen LogP contribution is -2.43. The summed E-state index contributed by atoms with van der Waals surface area (Å²) in [5.41, 5.74) is 6.24. The molecular formula is C12H20N6. The second-order valence-electron chi connectivity index (χ2n) is 4.83. The molecule has 1 aliphatic rings. The minimum absolute atomic E-state index is 0.0414. The van der Waals surface area contributed by atoms with Crippen LogP contribution >= 0.6 is 0 Å². The molecule has 0 bridgehead atoms. The van der Waals surface area contributed by atoms with Gasteiger partial charge in [0, 0.05) is 13.1 Å². The fraction of sp³-hybridized carbons (Fsp3) is 0.583. The highest BCUT2D eigenvalue weighted by molar-refractivity contribution is 5.99. The number of nitrogen functional groups attached to an aromatic ring is 1. The minimum atomic E-state index is 0.0414. The summed E-state index contributed by atoms with van der Waals surface area (Å²) in [5.74, 6) is 0.749. The number of piperidine rings is 1. The number of likely N-dealkylation sites (tertiary alicyclic amines) is 1. The van der Waals surface area contributed by atoms with Gasteiger partial charge >= 0.3 is 0 Å². The van der Waals surface area contributed by atoms with Crippen LogP contribution in [0.25, 0.3) is 0 Å². The molecule has 3 N–H and O–H groups in total. The quantitative estimate of drug-likeness (QED) is 0.593. The van der Waals surface area contributed by atoms with Gasteiger partial charge in [-0.1, -0.05) is 0 Å². The van der Waals surface area contributed by atoms with Crippen molar-refractivity contribution in [3.8, 4) is 0 Å². The van der Waals surface area contributed by atoms with Crippen LogP contribution in [0.2, 0.25) is 0 Å². The van der Waals surface area contributed by atoms with E-state index in [9.17, 15) is 0 Å². The number of amidine groups is 1. The largest absolute Gasteiger partial charge is 0.384 e. The zero-order valence-corrected chi connectivity index (χ0v) is 10.9. The first kappa shape index (κ1) is 12.8. The maximum atomic E-state index is 7.59. The fourth-order valence-electron chi connectivity index (χ4n) is 2.35. The monoisotopic (exact) mass is 248 g/mol. The van der Waals surface area contributed by atoms with Crippen LogP contribution in [0, 0.1) is 5.41 Å². The molecule has 98 valence electrons. The van der Waals surface area contributed by atoms with Crippen LogP contribution in [0.5, 0.6) is 0 Å². The van der Waals surface area contributed by atoms with Crippen LogP contribution in [0.4, 0.5) is 5.82 Å². The van der Waals surface area contributed by atoms with Crippen molar-refractivity contribution in [3.63, 3.8) is 0 Å². The molecule has 0 aromatic carbocycles. The van der Waals surface area contributed by atoms with Crippen molar-refractivity contribution in [2.45, 2.75) is 18.9 Å². The van der Waals surface area contributed by atoms with Crippen LogP contribution in [-0.2, 0) is 0 Å². The molecular weight excluding hydrogens is 228 g/mol. The van der Waals surface area contributed by atoms with Gasteiger partial charge in [0.05, 0.1) is 11.8 Å². The third kappa shape index (κ3) is 2.59. The predicted molar refractivity (Wildman–Crippen MR) is 72.0 cm³/mol. The fourth-order valence-corrected chi connectivity index (χ4v) is 2.35. The lowest BCUT2D eigenvalue weighted by molar-refractivity contribution is 0.252. The maximum absolute atomic E-state index is 7.59. The molecule has 1 fully saturated rings. The number of nitrogens with one attached hydrogen (secondary N) is 1. The van der Waals surface area contributed by atoms with E-state index in [1.165, 1.54) is 0 Å². The molecule has 0 atom stereocenters. The lowest BCUT2D eigenvalue weighted by Gasteiger charge is -2.36. The van der Waals surface area contributed by atoms with Gasteiger partial charge in [0.15, 0.2) is 5.82 Å². The highest BCUT2D eigenvalue weighted by Crippen LogP contribution is 2.22. The second kappa shape index (κ2) is 5.30. The first-order valence-corrected chi connectivity index (χ1v) is 6.17. The van der Waals surface area contributed by atoms with Gasteiger partial charge in [0.1, 0.15) is 5.84 Å². The van der Waals surface area contributed by atoms with Crippen LogP contribution < -0.4 is 10.6 Å². The Hall–Kier alpha value is -1.69. The van der Waals surface area contributed by atoms with E-state index < -0.39 is 0 Å². The highest BCUT2D eigenvalue weighted by Gasteiger charge is 2.23. The Bertz CT molecular complexity index is 424. The molecule has 1 saturated heterocycles. The van der Waals surface area contributed by atoms with E-state index in [1.807, 2.05) is 7.05 Å². The average Bonchev–Trinajstić information content (AvgIpc) is 2.39. The third-order valence-electron chi connectivity index (χ3n) is 3.56. The van der Waals surface area contributed by atoms with E-state index in [-0.39, 0.29) is 5.84 Å². The normalized spacial score (nSPS) is 17.7. The first-order valence-electron chi connectivity index (χ1n) is 6.17. The Balaban J connectivity index is 2.18. The molecule has 6 heteroatoms. The summed E-state index contributed by atoms with van der Waals surface area (Å²) in [4.78, 5) is 4.43. The van der Waals surface area contributed by atoms with E-state index >= 15 is 0 Å². The Labute approximate surface area is 107 Å². The van der Waals surface area contributed by atoms with Crippen molar-refractivity contribution in [2.24, 2.45) is 5.73 Å². The maximum Gasteiger partial charge on any atom is 0.162 e. The number of rotatable bonds is 3. The summed E-state index contributed by atoms with van der Waals surface area (Å²) >= 11 is 0. The van der Waals surface area contributed by atoms with E-state index in [2.05, 4.69) is 27.0 Å². The van der Waals surface area contributed by atoms with Crippen molar-refractivity contribution >= 4 is 11.7 Å². The average molecular weight is 248 g/mol. The van der Waals surface area contributed by atoms with Crippen molar-refractivity contribution in [3.05, 3.63) is 17.8 Å². The van der Waals surface area contributed by atoms with Crippen molar-refractivity contribution in [1.82, 2.24) is 15.1 Å². The molecule has 0 spiro atoms. The SMILES string of the molecule is CN1CCC(N(C)c2nnccc2C(=N)N)CC1. The van der Waals surface area contributed by atoms with E-state index in [1.54, 1.807) is 12.3 Å². The van der Waals surface area contributed by atoms with Gasteiger partial charge in [-0.2, -0.15) is 5.10 Å². The molecule has 1 aromatic rings. The molecule has 0 amide bonds. The van der Waals surface area contributed by atoms with E-state index in [0.717, 1.165) is 25.9 Å². The zero-order chi connectivity index (χ0) is 13.1. The van der Waals surface area contributed by atoms with Crippen molar-refractivity contribution in [2.75, 3.05) is 32.1 Å². The summed E-state index contributed by atoms with van der Waals surface area (Å²) < 4.78 is 0. The molecule has 0 saturated carbocycles. The van der Waals surface area contributed by atoms with Gasteiger partial charge in [0.25, 0.3) is 0 Å². The Morgan fingerprint density at radius 1 is 1.50 bits per heavy atom. The minimum Gasteiger partial charge on any atom is -0.384 e. The number of nitrogens with two attached hydrogens (primary N) is 1. The molecule has 1 aromatic heterocycles. The van der Waals surface area contributed by atoms with E-state index in [0.29, 0.717) is 17.4 Å². The van der Waals surface area contributed by atoms with Crippen molar-refractivity contribution < 1.29 is 0 Å². The molecule has 1 aliphatic heterocycles. The number of nitrogens with zero attached hydrogens (tertiary/aromatic N) is 4. The lowest BCUT2D eigenvalue weighted by atomic mass is 10.0. The van der Waals surface area contributed by atoms with Gasteiger partial charge in [-0.25, -0.2) is 0 Å². The molecule has 18 heavy (non-hydrogen) atoms. The second-order valence-corrected chi connectivity index (χ2v) is 4.83. The van der Waals surface area contributed by atoms with Crippen LogP contribution in [0.15, 0.2) is 12.3 Å². The van der Waals surface area contributed by atoms with Gasteiger partial charge in [0.2, 0.25) is 0 Å². The molecule has 6 nitrogen and oxygen atoms in total. The Morgan fingerprint density at radius 3 is 2.78 bits per heavy atom. The summed E-state index contributed by atoms with van der Waals surface area (Å²) in [6.45, 7) is 2.18. The Morgan fingerprint density at radius 2 is 2.17 bits per heavy atom. The number of anilines is 1. The third-order valence-corrected chi connectivity index (χ3v) is 3.56. The van der Waals surface area contributed by atoms with E-state index in [4.69, 9.17) is 11.1 Å². The summed E-state index contributed by atoms with van der Waals surface area (Å²) in [7, 11) is 4.14. The zero-order valence-electron chi connectivity index (χ0n) is 10.9. The summed E-state index contributed by atoms with van der Waals surface area (Å²) in [6, 6.07) is 2.19. The summed E-state index contributed by atoms with van der Waals surface area (Å²) in [5, 5.41) is 15.6. The Kier molecular flexibility index (Phi) is 3.76. The van der Waals surface area contributed by atoms with Crippen molar-refractivity contribution in [1.29, 1.82) is 5.41 Å². The smallest absolute Gasteiger partial charge is 0.162 e. The number of hydrogen-bond acceptors (Lipinski definition) is 5. The van der Waals surface area contributed by atoms with Crippen LogP contribution in [0.1, 0.15) is 18.4 Å². The van der Waals surface area contributed by atoms with Crippen LogP contribution in [0.3, 0.4) is 0 Å². The molecule has 0 unspecified atom stereocenters. The summed E-state index contributed by atoms with van der Waals surface area (Å²) in [6.07, 6.45) is 3.77. The molecule has 2 rings (SSSR count). The topological polar surface area (TPSA) is 82.1 Å². The highest BCUT2D eigenvalue weighted by atomic mass is 15.3. The molecule has 0 radical (unpaired) electrons. The predicted octanol–water partition coefficient (Wildman–Crippen LogP) is 0.291. The van der Waals surface area contributed by atoms with Gasteiger partial charge in [-0.3, -0.25) is 5.41 Å². The number of hydrogen-bond donors (Lipinski definition) is 2. The first-order chi connectivity index (χ1) is 8.59. The standard InChI is InChI=1S/C12H20N6/c1-17-7-4-9(5-8-17)18(2)12-10(11(13)14)3-6-15-16-12/h3,6,9H,4-5,7-8H2,1-2H3,(H3,13,14). The van der Waals surface area contributed by atoms with Gasteiger partial charge in [-0.05, 0) is 39.0 Å². The van der Waals surface area contributed by atoms with Gasteiger partial charge < -0.3 is 15.5 Å². The molecule has 0 aliphatic carbocycles. The van der Waals surface area contributed by atoms with Gasteiger partial charge in [-0.15, -0.1) is 5.10 Å². The molecule has 2 heterocycles.